The van der Waals surface area contributed by atoms with Gasteiger partial charge in [-0.15, -0.1) is 0 Å². The van der Waals surface area contributed by atoms with Gasteiger partial charge in [-0.05, 0) is 57.2 Å². The first-order valence-corrected chi connectivity index (χ1v) is 10.4. The highest BCUT2D eigenvalue weighted by Gasteiger charge is 2.11. The fraction of sp³-hybridized carbons (Fsp3) is 0.409. The van der Waals surface area contributed by atoms with Crippen LogP contribution in [0.15, 0.2) is 46.9 Å². The van der Waals surface area contributed by atoms with Gasteiger partial charge in [-0.3, -0.25) is 4.79 Å². The molecule has 28 heavy (non-hydrogen) atoms. The van der Waals surface area contributed by atoms with Gasteiger partial charge in [-0.25, -0.2) is 0 Å². The highest BCUT2D eigenvalue weighted by atomic mass is 79.9. The van der Waals surface area contributed by atoms with Crippen molar-refractivity contribution in [1.82, 2.24) is 5.32 Å². The fourth-order valence-electron chi connectivity index (χ4n) is 3.03. The molecule has 2 aromatic rings. The molecule has 3 rings (SSSR count). The van der Waals surface area contributed by atoms with Crippen molar-refractivity contribution in [1.29, 1.82) is 0 Å². The highest BCUT2D eigenvalue weighted by Crippen LogP contribution is 2.28. The smallest absolute Gasteiger partial charge is 0.258 e. The van der Waals surface area contributed by atoms with Gasteiger partial charge in [0.05, 0.1) is 17.7 Å². The number of halogens is 1. The van der Waals surface area contributed by atoms with Crippen molar-refractivity contribution in [3.05, 3.63) is 58.1 Å². The minimum absolute atomic E-state index is 0.00845. The number of anilines is 1. The average molecular weight is 447 g/mol. The molecule has 6 heteroatoms. The van der Waals surface area contributed by atoms with Gasteiger partial charge in [0.15, 0.2) is 6.61 Å². The van der Waals surface area contributed by atoms with Gasteiger partial charge in [-0.2, -0.15) is 0 Å². The van der Waals surface area contributed by atoms with Crippen molar-refractivity contribution in [2.45, 2.75) is 26.3 Å². The Kier molecular flexibility index (Phi) is 7.34. The normalized spacial score (nSPS) is 14.2. The molecule has 0 radical (unpaired) electrons. The second-order valence-corrected chi connectivity index (χ2v) is 8.03. The van der Waals surface area contributed by atoms with Crippen LogP contribution in [0.2, 0.25) is 0 Å². The van der Waals surface area contributed by atoms with E-state index in [4.69, 9.17) is 9.47 Å². The number of benzene rings is 2. The third-order valence-electron chi connectivity index (χ3n) is 4.78. The molecule has 0 spiro atoms. The molecule has 1 N–H and O–H groups in total. The second-order valence-electron chi connectivity index (χ2n) is 7.18. The SMILES string of the molecule is CC(C)c1ccc(OCC(=O)NCc2ccc(N3CCOCC3)cc2)c(Br)c1. The zero-order valence-electron chi connectivity index (χ0n) is 16.4. The minimum Gasteiger partial charge on any atom is -0.483 e. The van der Waals surface area contributed by atoms with E-state index >= 15 is 0 Å². The Hall–Kier alpha value is -2.05. The number of nitrogens with one attached hydrogen (secondary N) is 1. The summed E-state index contributed by atoms with van der Waals surface area (Å²) in [5.41, 5.74) is 3.48. The van der Waals surface area contributed by atoms with E-state index in [1.165, 1.54) is 11.3 Å². The molecule has 1 saturated heterocycles. The van der Waals surface area contributed by atoms with Crippen LogP contribution >= 0.6 is 15.9 Å². The maximum Gasteiger partial charge on any atom is 0.258 e. The molecule has 1 fully saturated rings. The van der Waals surface area contributed by atoms with E-state index in [2.05, 4.69) is 52.1 Å². The fourth-order valence-corrected chi connectivity index (χ4v) is 3.55. The van der Waals surface area contributed by atoms with E-state index in [0.29, 0.717) is 18.2 Å². The van der Waals surface area contributed by atoms with Crippen molar-refractivity contribution in [2.24, 2.45) is 0 Å². The zero-order valence-corrected chi connectivity index (χ0v) is 18.0. The molecule has 2 aromatic carbocycles. The van der Waals surface area contributed by atoms with Crippen LogP contribution in [-0.2, 0) is 16.1 Å². The van der Waals surface area contributed by atoms with Crippen LogP contribution in [0.1, 0.15) is 30.9 Å². The predicted molar refractivity (Wildman–Crippen MR) is 115 cm³/mol. The van der Waals surface area contributed by atoms with E-state index in [0.717, 1.165) is 36.3 Å². The molecule has 0 bridgehead atoms. The summed E-state index contributed by atoms with van der Waals surface area (Å²) in [6.07, 6.45) is 0. The summed E-state index contributed by atoms with van der Waals surface area (Å²) in [7, 11) is 0. The lowest BCUT2D eigenvalue weighted by Crippen LogP contribution is -2.36. The van der Waals surface area contributed by atoms with Gasteiger partial charge in [-0.1, -0.05) is 32.0 Å². The van der Waals surface area contributed by atoms with Crippen molar-refractivity contribution >= 4 is 27.5 Å². The first kappa shape index (κ1) is 20.7. The molecule has 0 atom stereocenters. The number of carbonyl (C=O) groups is 1. The van der Waals surface area contributed by atoms with Crippen LogP contribution in [0.4, 0.5) is 5.69 Å². The number of morpholine rings is 1. The molecule has 0 unspecified atom stereocenters. The van der Waals surface area contributed by atoms with Crippen molar-refractivity contribution in [3.8, 4) is 5.75 Å². The quantitative estimate of drug-likeness (QED) is 0.695. The van der Waals surface area contributed by atoms with E-state index in [-0.39, 0.29) is 12.5 Å². The molecule has 0 saturated carbocycles. The van der Waals surface area contributed by atoms with Gasteiger partial charge in [0.25, 0.3) is 5.91 Å². The lowest BCUT2D eigenvalue weighted by atomic mass is 10.0. The Morgan fingerprint density at radius 1 is 1.18 bits per heavy atom. The standard InChI is InChI=1S/C22H27BrN2O3/c1-16(2)18-5-8-21(20(23)13-18)28-15-22(26)24-14-17-3-6-19(7-4-17)25-9-11-27-12-10-25/h3-8,13,16H,9-12,14-15H2,1-2H3,(H,24,26). The van der Waals surface area contributed by atoms with Crippen LogP contribution < -0.4 is 15.0 Å². The number of ether oxygens (including phenoxy) is 2. The Morgan fingerprint density at radius 2 is 1.89 bits per heavy atom. The molecule has 150 valence electrons. The molecule has 1 amide bonds. The van der Waals surface area contributed by atoms with Crippen LogP contribution in [0.25, 0.3) is 0 Å². The number of hydrogen-bond acceptors (Lipinski definition) is 4. The first-order chi connectivity index (χ1) is 13.5. The zero-order chi connectivity index (χ0) is 19.9. The summed E-state index contributed by atoms with van der Waals surface area (Å²) in [6, 6.07) is 14.2. The van der Waals surface area contributed by atoms with Crippen LogP contribution in [-0.4, -0.2) is 38.8 Å². The van der Waals surface area contributed by atoms with Crippen molar-refractivity contribution < 1.29 is 14.3 Å². The Balaban J connectivity index is 1.45. The van der Waals surface area contributed by atoms with Crippen molar-refractivity contribution in [3.63, 3.8) is 0 Å². The van der Waals surface area contributed by atoms with E-state index in [1.54, 1.807) is 0 Å². The number of hydrogen-bond donors (Lipinski definition) is 1. The molecule has 1 heterocycles. The van der Waals surface area contributed by atoms with Crippen LogP contribution in [0.3, 0.4) is 0 Å². The van der Waals surface area contributed by atoms with Gasteiger partial charge < -0.3 is 19.7 Å². The molecular formula is C22H27BrN2O3. The Morgan fingerprint density at radius 3 is 2.54 bits per heavy atom. The first-order valence-electron chi connectivity index (χ1n) is 9.63. The van der Waals surface area contributed by atoms with E-state index in [1.807, 2.05) is 30.3 Å². The summed E-state index contributed by atoms with van der Waals surface area (Å²) >= 11 is 3.51. The van der Waals surface area contributed by atoms with E-state index < -0.39 is 0 Å². The lowest BCUT2D eigenvalue weighted by Gasteiger charge is -2.28. The highest BCUT2D eigenvalue weighted by molar-refractivity contribution is 9.10. The minimum atomic E-state index is -0.142. The third kappa shape index (κ3) is 5.72. The number of carbonyl (C=O) groups excluding carboxylic acids is 1. The van der Waals surface area contributed by atoms with Gasteiger partial charge in [0, 0.05) is 25.3 Å². The molecule has 0 aromatic heterocycles. The molecule has 0 aliphatic carbocycles. The van der Waals surface area contributed by atoms with Crippen LogP contribution in [0, 0.1) is 0 Å². The van der Waals surface area contributed by atoms with Crippen molar-refractivity contribution in [2.75, 3.05) is 37.8 Å². The van der Waals surface area contributed by atoms with Gasteiger partial charge in [0.1, 0.15) is 5.75 Å². The summed E-state index contributed by atoms with van der Waals surface area (Å²) < 4.78 is 11.9. The van der Waals surface area contributed by atoms with Gasteiger partial charge >= 0.3 is 0 Å². The van der Waals surface area contributed by atoms with Crippen LogP contribution in [0.5, 0.6) is 5.75 Å². The number of rotatable bonds is 7. The van der Waals surface area contributed by atoms with Gasteiger partial charge in [0.2, 0.25) is 0 Å². The molecule has 5 nitrogen and oxygen atoms in total. The number of amides is 1. The maximum atomic E-state index is 12.1. The van der Waals surface area contributed by atoms with E-state index in [9.17, 15) is 4.79 Å². The summed E-state index contributed by atoms with van der Waals surface area (Å²) in [4.78, 5) is 14.4. The summed E-state index contributed by atoms with van der Waals surface area (Å²) in [6.45, 7) is 8.14. The molecule has 1 aliphatic heterocycles. The predicted octanol–water partition coefficient (Wildman–Crippen LogP) is 4.10. The summed E-state index contributed by atoms with van der Waals surface area (Å²) in [5, 5.41) is 2.90. The average Bonchev–Trinajstić information content (AvgIpc) is 2.72. The number of nitrogens with zero attached hydrogens (tertiary/aromatic N) is 1. The Labute approximate surface area is 175 Å². The topological polar surface area (TPSA) is 50.8 Å². The maximum absolute atomic E-state index is 12.1. The largest absolute Gasteiger partial charge is 0.483 e. The monoisotopic (exact) mass is 446 g/mol. The molecule has 1 aliphatic rings. The third-order valence-corrected chi connectivity index (χ3v) is 5.40. The lowest BCUT2D eigenvalue weighted by molar-refractivity contribution is -0.123. The second kappa shape index (κ2) is 9.94. The summed E-state index contributed by atoms with van der Waals surface area (Å²) in [5.74, 6) is 0.981. The molecular weight excluding hydrogens is 420 g/mol. The Bertz CT molecular complexity index is 787.